The number of nitrogens with zero attached hydrogens (tertiary/aromatic N) is 1. The van der Waals surface area contributed by atoms with E-state index >= 15 is 0 Å². The van der Waals surface area contributed by atoms with Crippen LogP contribution in [0, 0.1) is 0 Å². The number of allylic oxidation sites excluding steroid dienone is 1. The molecule has 0 heterocycles. The van der Waals surface area contributed by atoms with E-state index in [4.69, 9.17) is 4.43 Å². The van der Waals surface area contributed by atoms with Gasteiger partial charge in [0.15, 0.2) is 0 Å². The molecule has 0 aromatic rings. The van der Waals surface area contributed by atoms with E-state index in [9.17, 15) is 4.79 Å². The van der Waals surface area contributed by atoms with E-state index in [1.807, 2.05) is 0 Å². The third-order valence-corrected chi connectivity index (χ3v) is 6.90. The molecule has 0 aliphatic carbocycles. The minimum atomic E-state index is -1.87. The smallest absolute Gasteiger partial charge is 0.252 e. The molecule has 0 atom stereocenters. The Balaban J connectivity index is 4.74. The molecule has 0 saturated carbocycles. The van der Waals surface area contributed by atoms with Gasteiger partial charge in [-0.3, -0.25) is 0 Å². The standard InChI is InChI=1S/C10H19NO2Si/c1-7-9(11-8-12)13-14(5,6)10(2,3)4/h7H,1-6H3/b9-7-. The largest absolute Gasteiger partial charge is 0.530 e. The van der Waals surface area contributed by atoms with E-state index in [-0.39, 0.29) is 5.04 Å². The van der Waals surface area contributed by atoms with Crippen LogP contribution in [0.5, 0.6) is 0 Å². The van der Waals surface area contributed by atoms with Gasteiger partial charge in [0.2, 0.25) is 12.0 Å². The summed E-state index contributed by atoms with van der Waals surface area (Å²) < 4.78 is 5.76. The van der Waals surface area contributed by atoms with E-state index in [1.54, 1.807) is 13.0 Å². The zero-order valence-electron chi connectivity index (χ0n) is 9.84. The fourth-order valence-electron chi connectivity index (χ4n) is 0.606. The van der Waals surface area contributed by atoms with Crippen LogP contribution in [0.1, 0.15) is 27.7 Å². The summed E-state index contributed by atoms with van der Waals surface area (Å²) in [6.45, 7) is 12.4. The van der Waals surface area contributed by atoms with Crippen molar-refractivity contribution < 1.29 is 9.22 Å². The van der Waals surface area contributed by atoms with Crippen molar-refractivity contribution in [1.82, 2.24) is 0 Å². The van der Waals surface area contributed by atoms with E-state index < -0.39 is 8.32 Å². The molecule has 0 radical (unpaired) electrons. The fraction of sp³-hybridized carbons (Fsp3) is 0.700. The molecule has 0 rings (SSSR count). The van der Waals surface area contributed by atoms with Crippen LogP contribution >= 0.6 is 0 Å². The maximum Gasteiger partial charge on any atom is 0.252 e. The molecule has 3 nitrogen and oxygen atoms in total. The summed E-state index contributed by atoms with van der Waals surface area (Å²) in [5.74, 6) is 0.381. The third kappa shape index (κ3) is 3.48. The summed E-state index contributed by atoms with van der Waals surface area (Å²) in [6, 6.07) is 0. The first kappa shape index (κ1) is 13.1. The van der Waals surface area contributed by atoms with Crippen LogP contribution in [-0.2, 0) is 9.22 Å². The topological polar surface area (TPSA) is 38.7 Å². The maximum atomic E-state index is 10.1. The highest BCUT2D eigenvalue weighted by atomic mass is 28.4. The Kier molecular flexibility index (Phi) is 4.29. The normalized spacial score (nSPS) is 13.4. The van der Waals surface area contributed by atoms with Gasteiger partial charge in [-0.1, -0.05) is 20.8 Å². The molecule has 0 amide bonds. The first-order valence-corrected chi connectivity index (χ1v) is 7.58. The van der Waals surface area contributed by atoms with Gasteiger partial charge in [0.05, 0.1) is 0 Å². The quantitative estimate of drug-likeness (QED) is 0.312. The zero-order valence-corrected chi connectivity index (χ0v) is 10.8. The van der Waals surface area contributed by atoms with Crippen LogP contribution in [0.2, 0.25) is 18.1 Å². The molecular weight excluding hydrogens is 194 g/mol. The SMILES string of the molecule is C/C=C(/N=C=O)O[Si](C)(C)C(C)(C)C. The van der Waals surface area contributed by atoms with E-state index in [0.29, 0.717) is 5.88 Å². The van der Waals surface area contributed by atoms with E-state index in [1.165, 1.54) is 6.08 Å². The lowest BCUT2D eigenvalue weighted by molar-refractivity contribution is 0.379. The van der Waals surface area contributed by atoms with Crippen molar-refractivity contribution in [2.75, 3.05) is 0 Å². The van der Waals surface area contributed by atoms with Crippen molar-refractivity contribution >= 4 is 14.4 Å². The molecule has 0 bridgehead atoms. The Labute approximate surface area is 87.0 Å². The molecule has 14 heavy (non-hydrogen) atoms. The van der Waals surface area contributed by atoms with Gasteiger partial charge in [0.1, 0.15) is 0 Å². The second kappa shape index (κ2) is 4.58. The van der Waals surface area contributed by atoms with Gasteiger partial charge < -0.3 is 4.43 Å². The Morgan fingerprint density at radius 3 is 2.21 bits per heavy atom. The minimum Gasteiger partial charge on any atom is -0.530 e. The van der Waals surface area contributed by atoms with Crippen molar-refractivity contribution in [3.05, 3.63) is 12.0 Å². The Hall–Kier alpha value is -0.863. The molecule has 0 saturated heterocycles. The molecule has 0 aromatic carbocycles. The molecule has 0 aliphatic rings. The van der Waals surface area contributed by atoms with E-state index in [2.05, 4.69) is 38.9 Å². The minimum absolute atomic E-state index is 0.111. The van der Waals surface area contributed by atoms with Gasteiger partial charge in [0.25, 0.3) is 8.32 Å². The maximum absolute atomic E-state index is 10.1. The van der Waals surface area contributed by atoms with Crippen LogP contribution in [0.4, 0.5) is 0 Å². The predicted octanol–water partition coefficient (Wildman–Crippen LogP) is 3.21. The molecule has 0 spiro atoms. The number of hydrogen-bond acceptors (Lipinski definition) is 3. The van der Waals surface area contributed by atoms with E-state index in [0.717, 1.165) is 0 Å². The molecule has 0 aromatic heterocycles. The first-order valence-electron chi connectivity index (χ1n) is 4.68. The van der Waals surface area contributed by atoms with Crippen LogP contribution in [0.25, 0.3) is 0 Å². The van der Waals surface area contributed by atoms with Gasteiger partial charge in [-0.25, -0.2) is 4.79 Å². The number of carbonyl (C=O) groups excluding carboxylic acids is 1. The Bertz CT molecular complexity index is 270. The average molecular weight is 213 g/mol. The van der Waals surface area contributed by atoms with Crippen molar-refractivity contribution in [3.63, 3.8) is 0 Å². The monoisotopic (exact) mass is 213 g/mol. The van der Waals surface area contributed by atoms with Gasteiger partial charge in [-0.05, 0) is 31.1 Å². The molecule has 0 fully saturated rings. The fourth-order valence-corrected chi connectivity index (χ4v) is 1.60. The highest BCUT2D eigenvalue weighted by molar-refractivity contribution is 6.74. The van der Waals surface area contributed by atoms with Crippen LogP contribution in [-0.4, -0.2) is 14.4 Å². The summed E-state index contributed by atoms with van der Waals surface area (Å²) in [6.07, 6.45) is 3.18. The summed E-state index contributed by atoms with van der Waals surface area (Å²) in [5.41, 5.74) is 0. The summed E-state index contributed by atoms with van der Waals surface area (Å²) in [5, 5.41) is 0.111. The second-order valence-corrected chi connectivity index (χ2v) is 9.42. The van der Waals surface area contributed by atoms with Crippen LogP contribution < -0.4 is 0 Å². The number of rotatable bonds is 3. The summed E-state index contributed by atoms with van der Waals surface area (Å²) in [7, 11) is -1.87. The lowest BCUT2D eigenvalue weighted by atomic mass is 10.2. The molecule has 4 heteroatoms. The second-order valence-electron chi connectivity index (χ2n) is 4.69. The third-order valence-electron chi connectivity index (χ3n) is 2.57. The van der Waals surface area contributed by atoms with Crippen LogP contribution in [0.3, 0.4) is 0 Å². The highest BCUT2D eigenvalue weighted by Crippen LogP contribution is 2.37. The lowest BCUT2D eigenvalue weighted by Gasteiger charge is -2.35. The van der Waals surface area contributed by atoms with Gasteiger partial charge in [-0.15, -0.1) is 4.99 Å². The van der Waals surface area contributed by atoms with Crippen molar-refractivity contribution in [2.24, 2.45) is 4.99 Å². The van der Waals surface area contributed by atoms with Gasteiger partial charge in [0, 0.05) is 0 Å². The highest BCUT2D eigenvalue weighted by Gasteiger charge is 2.39. The molecule has 0 N–H and O–H groups in total. The lowest BCUT2D eigenvalue weighted by Crippen LogP contribution is -2.40. The van der Waals surface area contributed by atoms with Gasteiger partial charge >= 0.3 is 0 Å². The first-order chi connectivity index (χ1) is 6.24. The van der Waals surface area contributed by atoms with Crippen molar-refractivity contribution in [3.8, 4) is 0 Å². The summed E-state index contributed by atoms with van der Waals surface area (Å²) in [4.78, 5) is 13.6. The molecule has 80 valence electrons. The Morgan fingerprint density at radius 1 is 1.43 bits per heavy atom. The predicted molar refractivity (Wildman–Crippen MR) is 60.2 cm³/mol. The van der Waals surface area contributed by atoms with Crippen molar-refractivity contribution in [2.45, 2.75) is 45.8 Å². The molecule has 0 unspecified atom stereocenters. The number of hydrogen-bond donors (Lipinski definition) is 0. The zero-order chi connectivity index (χ0) is 11.4. The molecular formula is C10H19NO2Si. The Morgan fingerprint density at radius 2 is 1.93 bits per heavy atom. The van der Waals surface area contributed by atoms with Crippen molar-refractivity contribution in [1.29, 1.82) is 0 Å². The van der Waals surface area contributed by atoms with Crippen LogP contribution in [0.15, 0.2) is 17.0 Å². The van der Waals surface area contributed by atoms with Gasteiger partial charge in [-0.2, -0.15) is 0 Å². The number of aliphatic imine (C=N–C) groups is 1. The summed E-state index contributed by atoms with van der Waals surface area (Å²) >= 11 is 0. The number of isocyanates is 1. The average Bonchev–Trinajstić information content (AvgIpc) is 2.01. The molecule has 0 aliphatic heterocycles.